The van der Waals surface area contributed by atoms with Crippen molar-refractivity contribution in [2.75, 3.05) is 12.4 Å². The van der Waals surface area contributed by atoms with Gasteiger partial charge in [-0.15, -0.1) is 11.3 Å². The van der Waals surface area contributed by atoms with Crippen LogP contribution in [0, 0.1) is 18.3 Å². The first-order valence-electron chi connectivity index (χ1n) is 5.46. The molecule has 0 aliphatic heterocycles. The Morgan fingerprint density at radius 1 is 1.44 bits per heavy atom. The van der Waals surface area contributed by atoms with E-state index in [0.717, 1.165) is 15.8 Å². The SMILES string of the molecule is Cc1csc(SCCOc2ccccc2C#N)n1. The van der Waals surface area contributed by atoms with E-state index in [1.54, 1.807) is 29.2 Å². The number of para-hydroxylation sites is 1. The van der Waals surface area contributed by atoms with Crippen molar-refractivity contribution in [1.82, 2.24) is 4.98 Å². The van der Waals surface area contributed by atoms with Crippen LogP contribution in [0.15, 0.2) is 34.0 Å². The topological polar surface area (TPSA) is 45.9 Å². The van der Waals surface area contributed by atoms with Crippen LogP contribution in [0.5, 0.6) is 5.75 Å². The monoisotopic (exact) mass is 276 g/mol. The first-order chi connectivity index (χ1) is 8.79. The molecule has 0 N–H and O–H groups in total. The summed E-state index contributed by atoms with van der Waals surface area (Å²) in [5.74, 6) is 1.48. The number of hydrogen-bond acceptors (Lipinski definition) is 5. The quantitative estimate of drug-likeness (QED) is 0.619. The molecule has 0 aliphatic carbocycles. The third-order valence-corrected chi connectivity index (χ3v) is 4.28. The van der Waals surface area contributed by atoms with Gasteiger partial charge in [-0.3, -0.25) is 0 Å². The number of ether oxygens (including phenoxy) is 1. The maximum Gasteiger partial charge on any atom is 0.150 e. The molecule has 3 nitrogen and oxygen atoms in total. The van der Waals surface area contributed by atoms with Crippen LogP contribution < -0.4 is 4.74 Å². The molecule has 0 unspecified atom stereocenters. The summed E-state index contributed by atoms with van der Waals surface area (Å²) >= 11 is 3.32. The van der Waals surface area contributed by atoms with Crippen LogP contribution in [0.3, 0.4) is 0 Å². The second-order valence-corrected chi connectivity index (χ2v) is 5.76. The molecule has 2 rings (SSSR count). The second kappa shape index (κ2) is 6.43. The van der Waals surface area contributed by atoms with Gasteiger partial charge in [0.05, 0.1) is 12.2 Å². The molecule has 0 saturated heterocycles. The second-order valence-electron chi connectivity index (χ2n) is 3.56. The van der Waals surface area contributed by atoms with Gasteiger partial charge < -0.3 is 4.74 Å². The Bertz CT molecular complexity index is 560. The first kappa shape index (κ1) is 12.9. The van der Waals surface area contributed by atoms with Gasteiger partial charge >= 0.3 is 0 Å². The lowest BCUT2D eigenvalue weighted by Crippen LogP contribution is -2.01. The van der Waals surface area contributed by atoms with Crippen LogP contribution in [-0.4, -0.2) is 17.3 Å². The molecule has 0 amide bonds. The number of rotatable bonds is 5. The average Bonchev–Trinajstić information content (AvgIpc) is 2.81. The predicted octanol–water partition coefficient (Wildman–Crippen LogP) is 3.49. The van der Waals surface area contributed by atoms with Gasteiger partial charge in [0, 0.05) is 16.8 Å². The number of thiazole rings is 1. The minimum atomic E-state index is 0.571. The van der Waals surface area contributed by atoms with Crippen molar-refractivity contribution >= 4 is 23.1 Å². The normalized spacial score (nSPS) is 10.0. The fourth-order valence-electron chi connectivity index (χ4n) is 1.36. The zero-order valence-electron chi connectivity index (χ0n) is 9.92. The van der Waals surface area contributed by atoms with Crippen LogP contribution in [-0.2, 0) is 0 Å². The molecule has 0 atom stereocenters. The molecule has 0 saturated carbocycles. The number of aromatic nitrogens is 1. The van der Waals surface area contributed by atoms with Crippen molar-refractivity contribution in [2.24, 2.45) is 0 Å². The summed E-state index contributed by atoms with van der Waals surface area (Å²) < 4.78 is 6.65. The fourth-order valence-corrected chi connectivity index (χ4v) is 3.10. The summed E-state index contributed by atoms with van der Waals surface area (Å²) in [7, 11) is 0. The Labute approximate surface area is 114 Å². The van der Waals surface area contributed by atoms with Crippen molar-refractivity contribution in [3.05, 3.63) is 40.9 Å². The van der Waals surface area contributed by atoms with Crippen molar-refractivity contribution in [1.29, 1.82) is 5.26 Å². The molecule has 1 heterocycles. The minimum Gasteiger partial charge on any atom is -0.491 e. The van der Waals surface area contributed by atoms with E-state index in [1.165, 1.54) is 0 Å². The molecule has 2 aromatic rings. The van der Waals surface area contributed by atoms with Gasteiger partial charge in [0.2, 0.25) is 0 Å². The molecule has 92 valence electrons. The molecule has 1 aromatic carbocycles. The molecule has 0 radical (unpaired) electrons. The van der Waals surface area contributed by atoms with Crippen LogP contribution in [0.1, 0.15) is 11.3 Å². The Morgan fingerprint density at radius 2 is 2.28 bits per heavy atom. The summed E-state index contributed by atoms with van der Waals surface area (Å²) in [5, 5.41) is 10.9. The number of hydrogen-bond donors (Lipinski definition) is 0. The molecule has 0 spiro atoms. The van der Waals surface area contributed by atoms with Gasteiger partial charge in [0.15, 0.2) is 0 Å². The highest BCUT2D eigenvalue weighted by atomic mass is 32.2. The fraction of sp³-hybridized carbons (Fsp3) is 0.231. The highest BCUT2D eigenvalue weighted by molar-refractivity contribution is 8.01. The summed E-state index contributed by atoms with van der Waals surface area (Å²) in [4.78, 5) is 4.36. The summed E-state index contributed by atoms with van der Waals surface area (Å²) in [6.45, 7) is 2.56. The lowest BCUT2D eigenvalue weighted by molar-refractivity contribution is 0.343. The summed E-state index contributed by atoms with van der Waals surface area (Å²) in [6.07, 6.45) is 0. The number of thioether (sulfide) groups is 1. The van der Waals surface area contributed by atoms with E-state index < -0.39 is 0 Å². The highest BCUT2D eigenvalue weighted by Crippen LogP contribution is 2.23. The average molecular weight is 276 g/mol. The molecule has 18 heavy (non-hydrogen) atoms. The Morgan fingerprint density at radius 3 is 3.00 bits per heavy atom. The predicted molar refractivity (Wildman–Crippen MR) is 74.2 cm³/mol. The standard InChI is InChI=1S/C13H12N2OS2/c1-10-9-18-13(15-10)17-7-6-16-12-5-3-2-4-11(12)8-14/h2-5,9H,6-7H2,1H3. The largest absolute Gasteiger partial charge is 0.491 e. The van der Waals surface area contributed by atoms with Gasteiger partial charge in [-0.05, 0) is 19.1 Å². The van der Waals surface area contributed by atoms with E-state index in [1.807, 2.05) is 30.5 Å². The highest BCUT2D eigenvalue weighted by Gasteiger charge is 2.02. The molecular weight excluding hydrogens is 264 g/mol. The lowest BCUT2D eigenvalue weighted by Gasteiger charge is -2.06. The van der Waals surface area contributed by atoms with Crippen molar-refractivity contribution < 1.29 is 4.74 Å². The molecular formula is C13H12N2OS2. The van der Waals surface area contributed by atoms with Crippen molar-refractivity contribution in [3.63, 3.8) is 0 Å². The number of benzene rings is 1. The van der Waals surface area contributed by atoms with Crippen LogP contribution in [0.2, 0.25) is 0 Å². The van der Waals surface area contributed by atoms with Crippen molar-refractivity contribution in [3.8, 4) is 11.8 Å². The van der Waals surface area contributed by atoms with Crippen LogP contribution in [0.25, 0.3) is 0 Å². The number of aryl methyl sites for hydroxylation is 1. The van der Waals surface area contributed by atoms with E-state index in [2.05, 4.69) is 11.1 Å². The number of nitriles is 1. The van der Waals surface area contributed by atoms with E-state index >= 15 is 0 Å². The molecule has 0 bridgehead atoms. The third-order valence-electron chi connectivity index (χ3n) is 2.17. The Balaban J connectivity index is 1.80. The third kappa shape index (κ3) is 3.49. The lowest BCUT2D eigenvalue weighted by atomic mass is 10.2. The number of nitrogens with zero attached hydrogens (tertiary/aromatic N) is 2. The Hall–Kier alpha value is -1.51. The Kier molecular flexibility index (Phi) is 4.62. The first-order valence-corrected chi connectivity index (χ1v) is 7.33. The van der Waals surface area contributed by atoms with Crippen LogP contribution in [0.4, 0.5) is 0 Å². The van der Waals surface area contributed by atoms with E-state index in [4.69, 9.17) is 10.00 Å². The van der Waals surface area contributed by atoms with Gasteiger partial charge in [-0.1, -0.05) is 23.9 Å². The van der Waals surface area contributed by atoms with Gasteiger partial charge in [0.1, 0.15) is 16.2 Å². The molecule has 0 fully saturated rings. The zero-order chi connectivity index (χ0) is 12.8. The smallest absolute Gasteiger partial charge is 0.150 e. The molecule has 1 aromatic heterocycles. The van der Waals surface area contributed by atoms with E-state index in [0.29, 0.717) is 17.9 Å². The summed E-state index contributed by atoms with van der Waals surface area (Å²) in [5.41, 5.74) is 1.63. The molecule has 0 aliphatic rings. The molecule has 5 heteroatoms. The van der Waals surface area contributed by atoms with Crippen LogP contribution >= 0.6 is 23.1 Å². The maximum atomic E-state index is 8.91. The van der Waals surface area contributed by atoms with E-state index in [-0.39, 0.29) is 0 Å². The van der Waals surface area contributed by atoms with Gasteiger partial charge in [-0.25, -0.2) is 4.98 Å². The maximum absolute atomic E-state index is 8.91. The summed E-state index contributed by atoms with van der Waals surface area (Å²) in [6, 6.07) is 9.39. The minimum absolute atomic E-state index is 0.571. The van der Waals surface area contributed by atoms with Gasteiger partial charge in [-0.2, -0.15) is 5.26 Å². The van der Waals surface area contributed by atoms with E-state index in [9.17, 15) is 0 Å². The van der Waals surface area contributed by atoms with Crippen molar-refractivity contribution in [2.45, 2.75) is 11.3 Å². The van der Waals surface area contributed by atoms with Gasteiger partial charge in [0.25, 0.3) is 0 Å². The zero-order valence-corrected chi connectivity index (χ0v) is 11.6.